The fraction of sp³-hybridized carbons (Fsp3) is 0.423. The number of aromatic nitrogens is 1. The molecular formula is C26H32F2N6O3. The summed E-state index contributed by atoms with van der Waals surface area (Å²) in [4.78, 5) is 33.5. The SMILES string of the molecule is C=N/N=C(\OCC(F)F)c1ccc(CN(C)C(=O)c2ccc(N3CCNCC3)cc2C(C)(C)C=O)nc1. The van der Waals surface area contributed by atoms with Crippen LogP contribution in [0.25, 0.3) is 0 Å². The van der Waals surface area contributed by atoms with Crippen LogP contribution in [-0.4, -0.2) is 81.0 Å². The second-order valence-corrected chi connectivity index (χ2v) is 9.25. The Morgan fingerprint density at radius 2 is 2.03 bits per heavy atom. The Kier molecular flexibility index (Phi) is 9.40. The fourth-order valence-electron chi connectivity index (χ4n) is 3.98. The number of rotatable bonds is 10. The molecule has 11 heteroatoms. The zero-order chi connectivity index (χ0) is 27.0. The molecule has 1 aliphatic heterocycles. The van der Waals surface area contributed by atoms with Crippen molar-refractivity contribution in [3.63, 3.8) is 0 Å². The Morgan fingerprint density at radius 1 is 1.30 bits per heavy atom. The highest BCUT2D eigenvalue weighted by Gasteiger charge is 2.28. The van der Waals surface area contributed by atoms with E-state index in [1.807, 2.05) is 12.1 Å². The normalized spacial score (nSPS) is 14.4. The van der Waals surface area contributed by atoms with Gasteiger partial charge >= 0.3 is 0 Å². The molecule has 0 saturated carbocycles. The highest BCUT2D eigenvalue weighted by Crippen LogP contribution is 2.30. The van der Waals surface area contributed by atoms with Gasteiger partial charge in [0.2, 0.25) is 5.90 Å². The van der Waals surface area contributed by atoms with Gasteiger partial charge in [-0.3, -0.25) is 9.78 Å². The van der Waals surface area contributed by atoms with Crippen molar-refractivity contribution >= 4 is 30.5 Å². The van der Waals surface area contributed by atoms with Crippen molar-refractivity contribution in [1.29, 1.82) is 0 Å². The van der Waals surface area contributed by atoms with Crippen molar-refractivity contribution < 1.29 is 23.1 Å². The molecule has 0 bridgehead atoms. The Bertz CT molecular complexity index is 1130. The Hall–Kier alpha value is -3.73. The van der Waals surface area contributed by atoms with Gasteiger partial charge in [0.15, 0.2) is 6.61 Å². The largest absolute Gasteiger partial charge is 0.470 e. The molecule has 1 N–H and O–H groups in total. The van der Waals surface area contributed by atoms with E-state index in [-0.39, 0.29) is 18.3 Å². The number of nitrogens with zero attached hydrogens (tertiary/aromatic N) is 5. The highest BCUT2D eigenvalue weighted by atomic mass is 19.3. The Labute approximate surface area is 215 Å². The molecule has 0 atom stereocenters. The number of hydrogen-bond acceptors (Lipinski definition) is 8. The summed E-state index contributed by atoms with van der Waals surface area (Å²) in [5, 5.41) is 10.3. The Morgan fingerprint density at radius 3 is 2.62 bits per heavy atom. The van der Waals surface area contributed by atoms with Gasteiger partial charge in [0, 0.05) is 62.8 Å². The van der Waals surface area contributed by atoms with Gasteiger partial charge in [0.25, 0.3) is 12.3 Å². The summed E-state index contributed by atoms with van der Waals surface area (Å²) < 4.78 is 30.0. The van der Waals surface area contributed by atoms with Crippen LogP contribution in [0.3, 0.4) is 0 Å². The van der Waals surface area contributed by atoms with E-state index in [2.05, 4.69) is 32.1 Å². The first kappa shape index (κ1) is 27.9. The van der Waals surface area contributed by atoms with Gasteiger partial charge in [0.05, 0.1) is 17.8 Å². The third-order valence-electron chi connectivity index (χ3n) is 6.03. The topological polar surface area (TPSA) is 99.5 Å². The van der Waals surface area contributed by atoms with Gasteiger partial charge in [-0.1, -0.05) is 0 Å². The molecule has 37 heavy (non-hydrogen) atoms. The van der Waals surface area contributed by atoms with Gasteiger partial charge in [-0.05, 0) is 49.7 Å². The van der Waals surface area contributed by atoms with Crippen LogP contribution in [0.5, 0.6) is 0 Å². The number of benzene rings is 1. The van der Waals surface area contributed by atoms with Crippen LogP contribution < -0.4 is 10.2 Å². The zero-order valence-corrected chi connectivity index (χ0v) is 21.3. The molecule has 1 saturated heterocycles. The minimum atomic E-state index is -2.66. The lowest BCUT2D eigenvalue weighted by molar-refractivity contribution is -0.111. The molecule has 1 amide bonds. The van der Waals surface area contributed by atoms with Gasteiger partial charge in [-0.15, -0.1) is 5.10 Å². The number of amides is 1. The third kappa shape index (κ3) is 7.16. The van der Waals surface area contributed by atoms with Crippen molar-refractivity contribution in [3.05, 3.63) is 58.9 Å². The van der Waals surface area contributed by atoms with Crippen LogP contribution in [0.1, 0.15) is 41.0 Å². The van der Waals surface area contributed by atoms with E-state index >= 15 is 0 Å². The van der Waals surface area contributed by atoms with Crippen LogP contribution in [0, 0.1) is 0 Å². The van der Waals surface area contributed by atoms with Crippen LogP contribution >= 0.6 is 0 Å². The number of aldehydes is 1. The number of hydrogen-bond donors (Lipinski definition) is 1. The standard InChI is InChI=1S/C26H32F2N6O3/c1-26(2,17-35)22-13-20(34-11-9-30-10-12-34)7-8-21(22)25(36)33(4)15-19-6-5-18(14-31-19)24(32-29-3)37-16-23(27)28/h5-8,13-14,17,23,30H,3,9-12,15-16H2,1-2,4H3/b32-24-. The number of piperazine rings is 1. The molecule has 1 aromatic heterocycles. The maximum absolute atomic E-state index is 13.5. The Balaban J connectivity index is 1.80. The van der Waals surface area contributed by atoms with Crippen LogP contribution in [-0.2, 0) is 21.5 Å². The lowest BCUT2D eigenvalue weighted by Gasteiger charge is -2.32. The summed E-state index contributed by atoms with van der Waals surface area (Å²) in [7, 11) is 1.65. The van der Waals surface area contributed by atoms with E-state index in [1.54, 1.807) is 39.1 Å². The predicted molar refractivity (Wildman–Crippen MR) is 139 cm³/mol. The van der Waals surface area contributed by atoms with Gasteiger partial charge in [-0.2, -0.15) is 5.10 Å². The number of ether oxygens (including phenoxy) is 1. The fourth-order valence-corrected chi connectivity index (χ4v) is 3.98. The van der Waals surface area contributed by atoms with Gasteiger partial charge in [0.1, 0.15) is 6.29 Å². The van der Waals surface area contributed by atoms with E-state index in [0.717, 1.165) is 38.2 Å². The molecular weight excluding hydrogens is 482 g/mol. The van der Waals surface area contributed by atoms with Crippen LogP contribution in [0.4, 0.5) is 14.5 Å². The zero-order valence-electron chi connectivity index (χ0n) is 21.3. The lowest BCUT2D eigenvalue weighted by atomic mass is 9.82. The minimum absolute atomic E-state index is 0.121. The number of pyridine rings is 1. The molecule has 0 unspecified atom stereocenters. The van der Waals surface area contributed by atoms with Crippen molar-refractivity contribution in [2.75, 3.05) is 44.7 Å². The summed E-state index contributed by atoms with van der Waals surface area (Å²) in [6.07, 6.45) is -0.400. The number of carbonyl (C=O) groups excluding carboxylic acids is 2. The maximum Gasteiger partial charge on any atom is 0.272 e. The molecule has 1 aliphatic rings. The van der Waals surface area contributed by atoms with Crippen molar-refractivity contribution in [3.8, 4) is 0 Å². The quantitative estimate of drug-likeness (QED) is 0.227. The molecule has 1 fully saturated rings. The van der Waals surface area contributed by atoms with Crippen molar-refractivity contribution in [2.24, 2.45) is 10.2 Å². The molecule has 0 radical (unpaired) electrons. The average Bonchev–Trinajstić information content (AvgIpc) is 2.91. The lowest BCUT2D eigenvalue weighted by Crippen LogP contribution is -2.43. The number of alkyl halides is 2. The second-order valence-electron chi connectivity index (χ2n) is 9.25. The van der Waals surface area contributed by atoms with E-state index in [9.17, 15) is 18.4 Å². The van der Waals surface area contributed by atoms with Crippen molar-refractivity contribution in [2.45, 2.75) is 32.2 Å². The number of halogens is 2. The third-order valence-corrected chi connectivity index (χ3v) is 6.03. The number of nitrogens with one attached hydrogen (secondary N) is 1. The minimum Gasteiger partial charge on any atom is -0.470 e. The summed E-state index contributed by atoms with van der Waals surface area (Å²) in [5.74, 6) is -0.370. The van der Waals surface area contributed by atoms with Gasteiger partial charge in [-0.25, -0.2) is 8.78 Å². The smallest absolute Gasteiger partial charge is 0.272 e. The highest BCUT2D eigenvalue weighted by molar-refractivity contribution is 5.97. The first-order valence-electron chi connectivity index (χ1n) is 11.9. The first-order chi connectivity index (χ1) is 17.7. The van der Waals surface area contributed by atoms with E-state index in [4.69, 9.17) is 4.74 Å². The second kappa shape index (κ2) is 12.5. The maximum atomic E-state index is 13.5. The molecule has 0 aliphatic carbocycles. The van der Waals surface area contributed by atoms with Gasteiger partial charge < -0.3 is 24.6 Å². The van der Waals surface area contributed by atoms with E-state index in [1.165, 1.54) is 11.1 Å². The summed E-state index contributed by atoms with van der Waals surface area (Å²) in [6, 6.07) is 8.87. The molecule has 3 rings (SSSR count). The molecule has 0 spiro atoms. The van der Waals surface area contributed by atoms with Crippen LogP contribution in [0.2, 0.25) is 0 Å². The van der Waals surface area contributed by atoms with E-state index < -0.39 is 18.4 Å². The van der Waals surface area contributed by atoms with Crippen LogP contribution in [0.15, 0.2) is 46.7 Å². The summed E-state index contributed by atoms with van der Waals surface area (Å²) >= 11 is 0. The summed E-state index contributed by atoms with van der Waals surface area (Å²) in [5.41, 5.74) is 2.14. The average molecular weight is 515 g/mol. The number of carbonyl (C=O) groups is 2. The molecule has 2 aromatic rings. The molecule has 2 heterocycles. The van der Waals surface area contributed by atoms with Crippen molar-refractivity contribution in [1.82, 2.24) is 15.2 Å². The van der Waals surface area contributed by atoms with E-state index in [0.29, 0.717) is 22.4 Å². The summed E-state index contributed by atoms with van der Waals surface area (Å²) in [6.45, 7) is 9.60. The number of anilines is 1. The first-order valence-corrected chi connectivity index (χ1v) is 11.9. The molecule has 198 valence electrons. The predicted octanol–water partition coefficient (Wildman–Crippen LogP) is 2.88. The molecule has 1 aromatic carbocycles. The molecule has 9 nitrogen and oxygen atoms in total. The monoisotopic (exact) mass is 514 g/mol.